The van der Waals surface area contributed by atoms with Crippen molar-refractivity contribution < 1.29 is 14.3 Å². The van der Waals surface area contributed by atoms with Crippen LogP contribution in [0.5, 0.6) is 11.5 Å². The zero-order valence-corrected chi connectivity index (χ0v) is 24.9. The van der Waals surface area contributed by atoms with Crippen molar-refractivity contribution in [3.05, 3.63) is 71.3 Å². The number of thioether (sulfide) groups is 1. The van der Waals surface area contributed by atoms with Gasteiger partial charge in [0.25, 0.3) is 0 Å². The maximum atomic E-state index is 13.2. The van der Waals surface area contributed by atoms with Gasteiger partial charge in [0.2, 0.25) is 5.91 Å². The van der Waals surface area contributed by atoms with Gasteiger partial charge in [-0.1, -0.05) is 36.9 Å². The van der Waals surface area contributed by atoms with Gasteiger partial charge in [-0.3, -0.25) is 9.48 Å². The molecule has 0 unspecified atom stereocenters. The van der Waals surface area contributed by atoms with Crippen LogP contribution in [0.1, 0.15) is 36.1 Å². The van der Waals surface area contributed by atoms with E-state index in [9.17, 15) is 4.79 Å². The Balaban J connectivity index is 1.32. The van der Waals surface area contributed by atoms with Crippen LogP contribution in [0.25, 0.3) is 16.6 Å². The number of hydrogen-bond acceptors (Lipinski definition) is 8. The second-order valence-electron chi connectivity index (χ2n) is 9.82. The predicted molar refractivity (Wildman–Crippen MR) is 160 cm³/mol. The van der Waals surface area contributed by atoms with E-state index in [1.54, 1.807) is 18.7 Å². The smallest absolute Gasteiger partial charge is 0.233 e. The molecule has 1 amide bonds. The van der Waals surface area contributed by atoms with E-state index in [4.69, 9.17) is 24.5 Å². The first-order valence-corrected chi connectivity index (χ1v) is 14.6. The molecule has 41 heavy (non-hydrogen) atoms. The highest BCUT2D eigenvalue weighted by molar-refractivity contribution is 8.00. The van der Waals surface area contributed by atoms with Gasteiger partial charge in [-0.2, -0.15) is 9.61 Å². The average Bonchev–Trinajstić information content (AvgIpc) is 3.56. The van der Waals surface area contributed by atoms with E-state index >= 15 is 0 Å². The summed E-state index contributed by atoms with van der Waals surface area (Å²) in [5.41, 5.74) is 4.72. The second-order valence-corrected chi connectivity index (χ2v) is 11.0. The first-order valence-electron chi connectivity index (χ1n) is 13.7. The number of benzene rings is 2. The number of carbonyl (C=O) groups is 1. The minimum atomic E-state index is -0.334. The molecule has 10 nitrogen and oxygen atoms in total. The van der Waals surface area contributed by atoms with E-state index in [1.165, 1.54) is 11.8 Å². The van der Waals surface area contributed by atoms with E-state index < -0.39 is 0 Å². The molecule has 5 aromatic rings. The molecule has 0 saturated heterocycles. The maximum absolute atomic E-state index is 13.2. The number of aryl methyl sites for hydroxylation is 4. The zero-order chi connectivity index (χ0) is 28.9. The molecule has 0 aliphatic heterocycles. The molecular weight excluding hydrogens is 538 g/mol. The number of carbonyl (C=O) groups excluding carboxylic acids is 1. The lowest BCUT2D eigenvalue weighted by Gasteiger charge is -2.15. The quantitative estimate of drug-likeness (QED) is 0.171. The third-order valence-corrected chi connectivity index (χ3v) is 8.22. The molecule has 5 rings (SSSR count). The van der Waals surface area contributed by atoms with E-state index in [2.05, 4.69) is 16.5 Å². The van der Waals surface area contributed by atoms with Crippen LogP contribution in [0.4, 0.5) is 0 Å². The lowest BCUT2D eigenvalue weighted by molar-refractivity contribution is -0.120. The molecule has 214 valence electrons. The van der Waals surface area contributed by atoms with E-state index in [-0.39, 0.29) is 11.2 Å². The van der Waals surface area contributed by atoms with E-state index in [0.717, 1.165) is 33.5 Å². The van der Waals surface area contributed by atoms with Gasteiger partial charge in [0.1, 0.15) is 0 Å². The summed E-state index contributed by atoms with van der Waals surface area (Å²) < 4.78 is 14.5. The van der Waals surface area contributed by atoms with Crippen LogP contribution in [0.3, 0.4) is 0 Å². The molecule has 1 N–H and O–H groups in total. The summed E-state index contributed by atoms with van der Waals surface area (Å²) in [6.07, 6.45) is 1.95. The number of fused-ring (bicyclic) bond motifs is 3. The molecule has 0 aliphatic rings. The van der Waals surface area contributed by atoms with Crippen LogP contribution >= 0.6 is 11.8 Å². The average molecular weight is 574 g/mol. The Bertz CT molecular complexity index is 1680. The lowest BCUT2D eigenvalue weighted by Crippen LogP contribution is -2.34. The van der Waals surface area contributed by atoms with Crippen molar-refractivity contribution in [1.82, 2.24) is 34.7 Å². The molecule has 3 aromatic heterocycles. The fourth-order valence-electron chi connectivity index (χ4n) is 4.79. The van der Waals surface area contributed by atoms with Crippen LogP contribution in [-0.4, -0.2) is 61.3 Å². The Morgan fingerprint density at radius 3 is 2.54 bits per heavy atom. The number of para-hydroxylation sites is 1. The number of nitrogens with one attached hydrogen (secondary N) is 1. The lowest BCUT2D eigenvalue weighted by atomic mass is 10.1. The topological polar surface area (TPSA) is 108 Å². The monoisotopic (exact) mass is 573 g/mol. The minimum Gasteiger partial charge on any atom is -0.493 e. The minimum absolute atomic E-state index is 0.0362. The molecule has 11 heteroatoms. The highest BCUT2D eigenvalue weighted by atomic mass is 32.2. The Morgan fingerprint density at radius 2 is 1.80 bits per heavy atom. The third-order valence-electron chi connectivity index (χ3n) is 6.92. The van der Waals surface area contributed by atoms with Crippen LogP contribution < -0.4 is 14.8 Å². The largest absolute Gasteiger partial charge is 0.493 e. The first kappa shape index (κ1) is 28.4. The number of rotatable bonds is 12. The number of aromatic nitrogens is 6. The molecule has 0 spiro atoms. The SMILES string of the molecule is CC[C@H](Sc1nc2ccccc2c2nc(CCn3nc(C)cc3C)nn12)C(=O)NCCc1ccc(OC)c(OC)c1. The Kier molecular flexibility index (Phi) is 8.72. The number of nitrogens with zero attached hydrogens (tertiary/aromatic N) is 6. The number of methoxy groups -OCH3 is 2. The van der Waals surface area contributed by atoms with Crippen molar-refractivity contribution in [1.29, 1.82) is 0 Å². The summed E-state index contributed by atoms with van der Waals surface area (Å²) >= 11 is 1.42. The molecule has 0 bridgehead atoms. The van der Waals surface area contributed by atoms with Crippen molar-refractivity contribution in [2.24, 2.45) is 0 Å². The molecule has 3 heterocycles. The molecule has 0 fully saturated rings. The van der Waals surface area contributed by atoms with Crippen LogP contribution in [0.15, 0.2) is 53.7 Å². The summed E-state index contributed by atoms with van der Waals surface area (Å²) in [5.74, 6) is 2.03. The van der Waals surface area contributed by atoms with Gasteiger partial charge in [0.05, 0.1) is 30.7 Å². The Hall–Kier alpha value is -4.12. The molecule has 0 saturated carbocycles. The standard InChI is InChI=1S/C30H35N7O3S/c1-6-26(29(38)31-15-13-21-11-12-24(39-4)25(18-21)40-5)41-30-32-23-10-8-7-9-22(23)28-33-27(35-37(28)30)14-16-36-20(3)17-19(2)34-36/h7-12,17-18,26H,6,13-16H2,1-5H3,(H,31,38)/t26-/m0/s1. The van der Waals surface area contributed by atoms with Gasteiger partial charge in [-0.15, -0.1) is 5.10 Å². The molecule has 0 radical (unpaired) electrons. The van der Waals surface area contributed by atoms with Gasteiger partial charge < -0.3 is 14.8 Å². The van der Waals surface area contributed by atoms with Gasteiger partial charge >= 0.3 is 0 Å². The van der Waals surface area contributed by atoms with Gasteiger partial charge in [0, 0.05) is 30.6 Å². The summed E-state index contributed by atoms with van der Waals surface area (Å²) in [4.78, 5) is 23.0. The summed E-state index contributed by atoms with van der Waals surface area (Å²) in [6.45, 7) is 7.23. The van der Waals surface area contributed by atoms with Gasteiger partial charge in [-0.25, -0.2) is 9.97 Å². The first-order chi connectivity index (χ1) is 19.9. The number of amides is 1. The van der Waals surface area contributed by atoms with Crippen molar-refractivity contribution >= 4 is 34.2 Å². The maximum Gasteiger partial charge on any atom is 0.233 e. The van der Waals surface area contributed by atoms with Crippen molar-refractivity contribution in [3.8, 4) is 11.5 Å². The Labute approximate surface area is 243 Å². The van der Waals surface area contributed by atoms with Crippen molar-refractivity contribution in [2.45, 2.75) is 57.0 Å². The normalized spacial score (nSPS) is 12.1. The summed E-state index contributed by atoms with van der Waals surface area (Å²) in [6, 6.07) is 15.8. The molecule has 1 atom stereocenters. The second kappa shape index (κ2) is 12.6. The fourth-order valence-corrected chi connectivity index (χ4v) is 5.78. The Morgan fingerprint density at radius 1 is 1.00 bits per heavy atom. The van der Waals surface area contributed by atoms with E-state index in [1.807, 2.05) is 67.9 Å². The fraction of sp³-hybridized carbons (Fsp3) is 0.367. The van der Waals surface area contributed by atoms with E-state index in [0.29, 0.717) is 54.8 Å². The molecule has 0 aliphatic carbocycles. The zero-order valence-electron chi connectivity index (χ0n) is 24.0. The van der Waals surface area contributed by atoms with Gasteiger partial charge in [-0.05, 0) is 62.6 Å². The van der Waals surface area contributed by atoms with Crippen LogP contribution in [-0.2, 0) is 24.2 Å². The highest BCUT2D eigenvalue weighted by Gasteiger charge is 2.22. The molecular formula is C30H35N7O3S. The van der Waals surface area contributed by atoms with Crippen molar-refractivity contribution in [3.63, 3.8) is 0 Å². The highest BCUT2D eigenvalue weighted by Crippen LogP contribution is 2.29. The van der Waals surface area contributed by atoms with Crippen LogP contribution in [0.2, 0.25) is 0 Å². The summed E-state index contributed by atoms with van der Waals surface area (Å²) in [5, 5.41) is 13.7. The van der Waals surface area contributed by atoms with Gasteiger partial charge in [0.15, 0.2) is 28.1 Å². The third kappa shape index (κ3) is 6.30. The van der Waals surface area contributed by atoms with Crippen LogP contribution in [0, 0.1) is 13.8 Å². The number of ether oxygens (including phenoxy) is 2. The van der Waals surface area contributed by atoms with Crippen molar-refractivity contribution in [2.75, 3.05) is 20.8 Å². The predicted octanol–water partition coefficient (Wildman–Crippen LogP) is 4.58. The number of hydrogen-bond donors (Lipinski definition) is 1. The molecule has 2 aromatic carbocycles. The summed E-state index contributed by atoms with van der Waals surface area (Å²) in [7, 11) is 3.23.